The van der Waals surface area contributed by atoms with Crippen molar-refractivity contribution in [1.29, 1.82) is 0 Å². The molecule has 0 aromatic heterocycles. The standard InChI is InChI=1S/C13H17NO3/c14-11-7-3-4-8-12(11)16-9-13(15)17-10-5-1-2-6-10/h3-4,7-8,10H,1-2,5-6,9,14H2. The van der Waals surface area contributed by atoms with E-state index in [1.807, 2.05) is 12.1 Å². The van der Waals surface area contributed by atoms with Crippen LogP contribution in [0.25, 0.3) is 0 Å². The first-order chi connectivity index (χ1) is 8.25. The van der Waals surface area contributed by atoms with E-state index < -0.39 is 0 Å². The number of hydrogen-bond acceptors (Lipinski definition) is 4. The third kappa shape index (κ3) is 3.37. The Morgan fingerprint density at radius 1 is 1.29 bits per heavy atom. The molecule has 0 amide bonds. The molecule has 1 aliphatic carbocycles. The highest BCUT2D eigenvalue weighted by molar-refractivity contribution is 5.71. The minimum atomic E-state index is -0.319. The van der Waals surface area contributed by atoms with Crippen LogP contribution in [-0.2, 0) is 9.53 Å². The van der Waals surface area contributed by atoms with Gasteiger partial charge in [0.05, 0.1) is 5.69 Å². The first-order valence-electron chi connectivity index (χ1n) is 5.92. The van der Waals surface area contributed by atoms with E-state index in [2.05, 4.69) is 0 Å². The van der Waals surface area contributed by atoms with Gasteiger partial charge in [-0.05, 0) is 37.8 Å². The van der Waals surface area contributed by atoms with E-state index in [0.717, 1.165) is 25.7 Å². The number of hydrogen-bond donors (Lipinski definition) is 1. The number of carbonyl (C=O) groups is 1. The fourth-order valence-electron chi connectivity index (χ4n) is 1.97. The Hall–Kier alpha value is -1.71. The minimum Gasteiger partial charge on any atom is -0.480 e. The summed E-state index contributed by atoms with van der Waals surface area (Å²) in [5.74, 6) is 0.205. The highest BCUT2D eigenvalue weighted by Crippen LogP contribution is 2.22. The van der Waals surface area contributed by atoms with Gasteiger partial charge in [-0.25, -0.2) is 4.79 Å². The first kappa shape index (κ1) is 11.8. The van der Waals surface area contributed by atoms with Crippen molar-refractivity contribution >= 4 is 11.7 Å². The summed E-state index contributed by atoms with van der Waals surface area (Å²) in [6.45, 7) is -0.0787. The predicted molar refractivity (Wildman–Crippen MR) is 64.7 cm³/mol. The minimum absolute atomic E-state index is 0.0787. The molecule has 2 rings (SSSR count). The van der Waals surface area contributed by atoms with Gasteiger partial charge in [0.15, 0.2) is 6.61 Å². The molecule has 0 aliphatic heterocycles. The van der Waals surface area contributed by atoms with E-state index in [-0.39, 0.29) is 18.7 Å². The van der Waals surface area contributed by atoms with E-state index in [1.165, 1.54) is 0 Å². The van der Waals surface area contributed by atoms with Gasteiger partial charge in [0.1, 0.15) is 11.9 Å². The number of carbonyl (C=O) groups excluding carboxylic acids is 1. The normalized spacial score (nSPS) is 15.8. The van der Waals surface area contributed by atoms with Crippen LogP contribution >= 0.6 is 0 Å². The molecule has 0 spiro atoms. The van der Waals surface area contributed by atoms with Crippen LogP contribution in [0.5, 0.6) is 5.75 Å². The zero-order valence-electron chi connectivity index (χ0n) is 9.72. The molecule has 4 nitrogen and oxygen atoms in total. The molecule has 0 radical (unpaired) electrons. The Bertz CT molecular complexity index is 386. The molecule has 0 atom stereocenters. The van der Waals surface area contributed by atoms with Crippen LogP contribution in [-0.4, -0.2) is 18.7 Å². The maximum Gasteiger partial charge on any atom is 0.344 e. The third-order valence-electron chi connectivity index (χ3n) is 2.86. The number of anilines is 1. The molecular weight excluding hydrogens is 218 g/mol. The number of ether oxygens (including phenoxy) is 2. The van der Waals surface area contributed by atoms with Crippen LogP contribution in [0.4, 0.5) is 5.69 Å². The van der Waals surface area contributed by atoms with Gasteiger partial charge in [-0.1, -0.05) is 12.1 Å². The summed E-state index contributed by atoms with van der Waals surface area (Å²) < 4.78 is 10.6. The van der Waals surface area contributed by atoms with Gasteiger partial charge < -0.3 is 15.2 Å². The van der Waals surface area contributed by atoms with E-state index in [9.17, 15) is 4.79 Å². The van der Waals surface area contributed by atoms with Gasteiger partial charge >= 0.3 is 5.97 Å². The van der Waals surface area contributed by atoms with Gasteiger partial charge in [0, 0.05) is 0 Å². The molecule has 0 heterocycles. The Morgan fingerprint density at radius 2 is 2.00 bits per heavy atom. The summed E-state index contributed by atoms with van der Waals surface area (Å²) >= 11 is 0. The van der Waals surface area contributed by atoms with Crippen LogP contribution in [0.15, 0.2) is 24.3 Å². The maximum atomic E-state index is 11.5. The molecule has 4 heteroatoms. The Balaban J connectivity index is 1.77. The van der Waals surface area contributed by atoms with Gasteiger partial charge in [0.2, 0.25) is 0 Å². The Morgan fingerprint density at radius 3 is 2.71 bits per heavy atom. The molecule has 1 fully saturated rings. The highest BCUT2D eigenvalue weighted by Gasteiger charge is 2.19. The second kappa shape index (κ2) is 5.57. The summed E-state index contributed by atoms with van der Waals surface area (Å²) in [7, 11) is 0. The van der Waals surface area contributed by atoms with Crippen LogP contribution in [0.3, 0.4) is 0 Å². The Kier molecular flexibility index (Phi) is 3.85. The topological polar surface area (TPSA) is 61.5 Å². The van der Waals surface area contributed by atoms with Gasteiger partial charge in [-0.2, -0.15) is 0 Å². The number of nitrogen functional groups attached to an aromatic ring is 1. The zero-order chi connectivity index (χ0) is 12.1. The number of esters is 1. The number of nitrogens with two attached hydrogens (primary N) is 1. The highest BCUT2D eigenvalue weighted by atomic mass is 16.6. The molecule has 0 saturated heterocycles. The number of rotatable bonds is 4. The summed E-state index contributed by atoms with van der Waals surface area (Å²) in [6.07, 6.45) is 4.31. The lowest BCUT2D eigenvalue weighted by Gasteiger charge is -2.12. The molecule has 1 saturated carbocycles. The summed E-state index contributed by atoms with van der Waals surface area (Å²) in [6, 6.07) is 7.10. The summed E-state index contributed by atoms with van der Waals surface area (Å²) in [4.78, 5) is 11.5. The van der Waals surface area contributed by atoms with Crippen molar-refractivity contribution in [1.82, 2.24) is 0 Å². The Labute approximate surface area is 101 Å². The quantitative estimate of drug-likeness (QED) is 0.641. The number of para-hydroxylation sites is 2. The van der Waals surface area contributed by atoms with Crippen LogP contribution in [0, 0.1) is 0 Å². The average Bonchev–Trinajstić information content (AvgIpc) is 2.81. The fourth-order valence-corrected chi connectivity index (χ4v) is 1.97. The molecule has 17 heavy (non-hydrogen) atoms. The van der Waals surface area contributed by atoms with Gasteiger partial charge in [-0.15, -0.1) is 0 Å². The third-order valence-corrected chi connectivity index (χ3v) is 2.86. The number of benzene rings is 1. The lowest BCUT2D eigenvalue weighted by atomic mass is 10.3. The van der Waals surface area contributed by atoms with Crippen molar-refractivity contribution in [3.8, 4) is 5.75 Å². The molecule has 1 aromatic carbocycles. The van der Waals surface area contributed by atoms with Crippen LogP contribution < -0.4 is 10.5 Å². The second-order valence-corrected chi connectivity index (χ2v) is 4.22. The van der Waals surface area contributed by atoms with E-state index in [1.54, 1.807) is 12.1 Å². The van der Waals surface area contributed by atoms with Crippen molar-refractivity contribution < 1.29 is 14.3 Å². The van der Waals surface area contributed by atoms with Crippen molar-refractivity contribution in [3.63, 3.8) is 0 Å². The van der Waals surface area contributed by atoms with Crippen molar-refractivity contribution in [2.75, 3.05) is 12.3 Å². The molecule has 92 valence electrons. The van der Waals surface area contributed by atoms with E-state index in [4.69, 9.17) is 15.2 Å². The SMILES string of the molecule is Nc1ccccc1OCC(=O)OC1CCCC1. The predicted octanol–water partition coefficient (Wildman–Crippen LogP) is 2.13. The van der Waals surface area contributed by atoms with Gasteiger partial charge in [0.25, 0.3) is 0 Å². The van der Waals surface area contributed by atoms with Crippen LogP contribution in [0.1, 0.15) is 25.7 Å². The van der Waals surface area contributed by atoms with E-state index in [0.29, 0.717) is 11.4 Å². The molecule has 1 aromatic rings. The monoisotopic (exact) mass is 235 g/mol. The lowest BCUT2D eigenvalue weighted by molar-refractivity contribution is -0.151. The van der Waals surface area contributed by atoms with Gasteiger partial charge in [-0.3, -0.25) is 0 Å². The summed E-state index contributed by atoms with van der Waals surface area (Å²) in [5.41, 5.74) is 6.22. The molecular formula is C13H17NO3. The molecule has 1 aliphatic rings. The largest absolute Gasteiger partial charge is 0.480 e. The zero-order valence-corrected chi connectivity index (χ0v) is 9.72. The van der Waals surface area contributed by atoms with Crippen LogP contribution in [0.2, 0.25) is 0 Å². The fraction of sp³-hybridized carbons (Fsp3) is 0.462. The summed E-state index contributed by atoms with van der Waals surface area (Å²) in [5, 5.41) is 0. The smallest absolute Gasteiger partial charge is 0.344 e. The molecule has 0 bridgehead atoms. The maximum absolute atomic E-state index is 11.5. The lowest BCUT2D eigenvalue weighted by Crippen LogP contribution is -2.20. The van der Waals surface area contributed by atoms with E-state index >= 15 is 0 Å². The van der Waals surface area contributed by atoms with Crippen molar-refractivity contribution in [2.45, 2.75) is 31.8 Å². The average molecular weight is 235 g/mol. The molecule has 2 N–H and O–H groups in total. The first-order valence-corrected chi connectivity index (χ1v) is 5.92. The van der Waals surface area contributed by atoms with Crippen molar-refractivity contribution in [2.24, 2.45) is 0 Å². The molecule has 0 unspecified atom stereocenters. The second-order valence-electron chi connectivity index (χ2n) is 4.22. The van der Waals surface area contributed by atoms with Crippen molar-refractivity contribution in [3.05, 3.63) is 24.3 Å².